The highest BCUT2D eigenvalue weighted by Crippen LogP contribution is 2.35. The van der Waals surface area contributed by atoms with Gasteiger partial charge in [0.1, 0.15) is 17.6 Å². The topological polar surface area (TPSA) is 120 Å². The van der Waals surface area contributed by atoms with Crippen LogP contribution in [0.1, 0.15) is 10.5 Å². The van der Waals surface area contributed by atoms with Gasteiger partial charge in [-0.3, -0.25) is 0 Å². The van der Waals surface area contributed by atoms with E-state index in [4.69, 9.17) is 8.85 Å². The second kappa shape index (κ2) is 9.00. The first-order valence-electron chi connectivity index (χ1n) is 12.5. The Morgan fingerprint density at radius 2 is 2.08 bits per heavy atom. The van der Waals surface area contributed by atoms with Crippen molar-refractivity contribution < 1.29 is 39.2 Å². The Morgan fingerprint density at radius 3 is 2.76 bits per heavy atom. The molecule has 0 spiro atoms. The fourth-order valence-corrected chi connectivity index (χ4v) is 5.15. The number of aromatic nitrogens is 6. The van der Waals surface area contributed by atoms with Crippen LogP contribution in [0.15, 0.2) is 30.5 Å². The van der Waals surface area contributed by atoms with Crippen molar-refractivity contribution in [2.75, 3.05) is 31.7 Å². The molecule has 0 radical (unpaired) electrons. The molecule has 204 valence electrons. The molecule has 1 unspecified atom stereocenters. The van der Waals surface area contributed by atoms with Crippen molar-refractivity contribution in [2.24, 2.45) is 0 Å². The van der Waals surface area contributed by atoms with Crippen molar-refractivity contribution in [3.8, 4) is 17.0 Å². The van der Waals surface area contributed by atoms with Gasteiger partial charge in [-0.05, 0) is 30.2 Å². The molecular formula is C21H21F5N8O3S. The Morgan fingerprint density at radius 1 is 1.29 bits per heavy atom. The van der Waals surface area contributed by atoms with Gasteiger partial charge in [0.25, 0.3) is 5.92 Å². The van der Waals surface area contributed by atoms with Crippen molar-refractivity contribution in [3.05, 3.63) is 30.5 Å². The van der Waals surface area contributed by atoms with Crippen LogP contribution in [-0.4, -0.2) is 86.8 Å². The number of rotatable bonds is 6. The monoisotopic (exact) mass is 563 g/mol. The number of sulfonamides is 1. The van der Waals surface area contributed by atoms with Crippen LogP contribution in [0.25, 0.3) is 27.7 Å². The third-order valence-corrected chi connectivity index (χ3v) is 7.32. The minimum absolute atomic E-state index is 0.000438. The summed E-state index contributed by atoms with van der Waals surface area (Å²) in [7, 11) is -6.87. The molecule has 1 atom stereocenters. The maximum absolute atomic E-state index is 14.8. The Hall–Kier alpha value is -3.60. The zero-order valence-corrected chi connectivity index (χ0v) is 20.3. The smallest absolute Gasteiger partial charge is 0.408 e. The molecule has 0 saturated carbocycles. The highest BCUT2D eigenvalue weighted by molar-refractivity contribution is 7.88. The van der Waals surface area contributed by atoms with Gasteiger partial charge in [0.2, 0.25) is 21.9 Å². The van der Waals surface area contributed by atoms with Crippen molar-refractivity contribution in [1.29, 1.82) is 0 Å². The number of piperidine rings is 1. The van der Waals surface area contributed by atoms with E-state index < -0.39 is 60.1 Å². The summed E-state index contributed by atoms with van der Waals surface area (Å²) in [6, 6.07) is 4.21. The van der Waals surface area contributed by atoms with Crippen molar-refractivity contribution in [2.45, 2.75) is 31.1 Å². The molecule has 1 saturated heterocycles. The van der Waals surface area contributed by atoms with Crippen LogP contribution in [0.4, 0.5) is 27.9 Å². The van der Waals surface area contributed by atoms with Gasteiger partial charge in [-0.25, -0.2) is 26.4 Å². The maximum Gasteiger partial charge on any atom is 0.408 e. The number of fused-ring (bicyclic) bond motifs is 2. The molecule has 17 heteroatoms. The molecule has 1 aliphatic heterocycles. The molecular weight excluding hydrogens is 539 g/mol. The molecule has 0 bridgehead atoms. The molecule has 4 heterocycles. The van der Waals surface area contributed by atoms with E-state index in [1.807, 2.05) is 0 Å². The Bertz CT molecular complexity index is 1720. The second-order valence-electron chi connectivity index (χ2n) is 8.77. The summed E-state index contributed by atoms with van der Waals surface area (Å²) in [5, 5.41) is 13.9. The zero-order valence-electron chi connectivity index (χ0n) is 22.4. The van der Waals surface area contributed by atoms with E-state index in [2.05, 4.69) is 25.7 Å². The summed E-state index contributed by atoms with van der Waals surface area (Å²) in [5.41, 5.74) is 0.833. The Kier molecular flexibility index (Phi) is 5.31. The number of nitrogens with one attached hydrogen (secondary N) is 1. The van der Waals surface area contributed by atoms with Crippen LogP contribution in [0.5, 0.6) is 5.88 Å². The number of methoxy groups -OCH3 is 1. The van der Waals surface area contributed by atoms with Crippen LogP contribution in [0, 0.1) is 0 Å². The lowest BCUT2D eigenvalue weighted by Gasteiger charge is -2.37. The standard InChI is InChI=1S/C21H21F5N8O3S/c1-37-18-17-13(12-3-4-14-15(9-12)34(31-29-14)11-21(24,25)26)5-8-33(17)30-19(28-18)27-16-6-7-32(38(2,35)36)10-20(16,22)23/h3-5,8-9,16H,6-7,10-11H2,1-2H3,(H,27,30)/i1D3. The Balaban J connectivity index is 1.54. The van der Waals surface area contributed by atoms with Crippen LogP contribution in [-0.2, 0) is 16.6 Å². The number of anilines is 1. The van der Waals surface area contributed by atoms with Gasteiger partial charge in [-0.2, -0.15) is 22.5 Å². The van der Waals surface area contributed by atoms with E-state index in [0.29, 0.717) is 14.6 Å². The number of hydrogen-bond donors (Lipinski definition) is 1. The molecule has 5 rings (SSSR count). The van der Waals surface area contributed by atoms with Crippen molar-refractivity contribution in [1.82, 2.24) is 33.9 Å². The summed E-state index contributed by atoms with van der Waals surface area (Å²) < 4.78 is 122. The molecule has 0 amide bonds. The highest BCUT2D eigenvalue weighted by atomic mass is 32.2. The number of ether oxygens (including phenoxy) is 1. The van der Waals surface area contributed by atoms with Crippen LogP contribution >= 0.6 is 0 Å². The lowest BCUT2D eigenvalue weighted by molar-refractivity contribution is -0.142. The first-order valence-corrected chi connectivity index (χ1v) is 12.8. The van der Waals surface area contributed by atoms with Gasteiger partial charge in [0.05, 0.1) is 35.5 Å². The largest absolute Gasteiger partial charge is 0.479 e. The van der Waals surface area contributed by atoms with Crippen LogP contribution in [0.2, 0.25) is 0 Å². The summed E-state index contributed by atoms with van der Waals surface area (Å²) in [6.07, 6.45) is -2.67. The van der Waals surface area contributed by atoms with E-state index in [1.54, 1.807) is 0 Å². The zero-order chi connectivity index (χ0) is 30.0. The van der Waals surface area contributed by atoms with Gasteiger partial charge in [0.15, 0.2) is 0 Å². The van der Waals surface area contributed by atoms with Gasteiger partial charge < -0.3 is 10.1 Å². The number of halogens is 5. The molecule has 1 aliphatic rings. The fourth-order valence-electron chi connectivity index (χ4n) is 4.30. The van der Waals surface area contributed by atoms with Crippen LogP contribution in [0.3, 0.4) is 0 Å². The lowest BCUT2D eigenvalue weighted by Crippen LogP contribution is -2.55. The summed E-state index contributed by atoms with van der Waals surface area (Å²) in [5.74, 6) is -4.45. The molecule has 11 nitrogen and oxygen atoms in total. The van der Waals surface area contributed by atoms with Crippen molar-refractivity contribution >= 4 is 32.5 Å². The molecule has 4 aromatic rings. The maximum atomic E-state index is 14.8. The SMILES string of the molecule is [2H]C([2H])([2H])Oc1nc(NC2CCN(S(C)(=O)=O)CC2(F)F)nn2ccc(-c3ccc4nnn(CC(F)(F)F)c4c3)c12. The predicted octanol–water partition coefficient (Wildman–Crippen LogP) is 2.79. The van der Waals surface area contributed by atoms with E-state index in [9.17, 15) is 30.4 Å². The van der Waals surface area contributed by atoms with Gasteiger partial charge in [0, 0.05) is 18.3 Å². The molecule has 3 aromatic heterocycles. The summed E-state index contributed by atoms with van der Waals surface area (Å²) in [4.78, 5) is 4.02. The highest BCUT2D eigenvalue weighted by Gasteiger charge is 2.47. The third kappa shape index (κ3) is 4.94. The normalized spacial score (nSPS) is 20.3. The quantitative estimate of drug-likeness (QED) is 0.356. The van der Waals surface area contributed by atoms with Gasteiger partial charge in [-0.1, -0.05) is 11.3 Å². The number of alkyl halides is 5. The van der Waals surface area contributed by atoms with E-state index in [0.717, 1.165) is 10.8 Å². The van der Waals surface area contributed by atoms with E-state index in [-0.39, 0.29) is 35.1 Å². The average Bonchev–Trinajstić information content (AvgIpc) is 3.41. The number of nitrogens with zero attached hydrogens (tertiary/aromatic N) is 7. The summed E-state index contributed by atoms with van der Waals surface area (Å²) in [6.45, 7) is -2.65. The fraction of sp³-hybridized carbons (Fsp3) is 0.429. The van der Waals surface area contributed by atoms with E-state index in [1.165, 1.54) is 30.5 Å². The number of benzene rings is 1. The average molecular weight is 564 g/mol. The molecule has 0 aliphatic carbocycles. The predicted molar refractivity (Wildman–Crippen MR) is 126 cm³/mol. The second-order valence-corrected chi connectivity index (χ2v) is 10.8. The first-order chi connectivity index (χ1) is 18.9. The molecule has 1 N–H and O–H groups in total. The first kappa shape index (κ1) is 22.4. The van der Waals surface area contributed by atoms with E-state index >= 15 is 0 Å². The van der Waals surface area contributed by atoms with Gasteiger partial charge in [-0.15, -0.1) is 10.2 Å². The Labute approximate surface area is 216 Å². The third-order valence-electron chi connectivity index (χ3n) is 6.07. The van der Waals surface area contributed by atoms with Crippen LogP contribution < -0.4 is 10.1 Å². The molecule has 1 aromatic carbocycles. The van der Waals surface area contributed by atoms with Crippen molar-refractivity contribution in [3.63, 3.8) is 0 Å². The minimum atomic E-state index is -4.56. The molecule has 38 heavy (non-hydrogen) atoms. The number of hydrogen-bond acceptors (Lipinski definition) is 8. The van der Waals surface area contributed by atoms with Gasteiger partial charge >= 0.3 is 6.18 Å². The minimum Gasteiger partial charge on any atom is -0.479 e. The summed E-state index contributed by atoms with van der Waals surface area (Å²) >= 11 is 0. The molecule has 1 fully saturated rings. The lowest BCUT2D eigenvalue weighted by atomic mass is 10.0.